The molecule has 24 heavy (non-hydrogen) atoms. The van der Waals surface area contributed by atoms with Crippen molar-refractivity contribution in [3.8, 4) is 0 Å². The highest BCUT2D eigenvalue weighted by molar-refractivity contribution is 8.02. The normalized spacial score (nSPS) is 20.6. The fraction of sp³-hybridized carbons (Fsp3) is 0.375. The van der Waals surface area contributed by atoms with Crippen LogP contribution in [0.3, 0.4) is 0 Å². The number of hydrogen-bond acceptors (Lipinski definition) is 6. The Labute approximate surface area is 145 Å². The van der Waals surface area contributed by atoms with E-state index in [1.165, 1.54) is 24.8 Å². The van der Waals surface area contributed by atoms with E-state index in [-0.39, 0.29) is 11.5 Å². The average molecular weight is 369 g/mol. The molecule has 130 valence electrons. The Kier molecular flexibility index (Phi) is 6.44. The van der Waals surface area contributed by atoms with Gasteiger partial charge in [0.25, 0.3) is 5.91 Å². The van der Waals surface area contributed by atoms with Gasteiger partial charge < -0.3 is 10.1 Å². The number of ether oxygens (including phenoxy) is 1. The van der Waals surface area contributed by atoms with Crippen LogP contribution in [0, 0.1) is 0 Å². The second kappa shape index (κ2) is 8.34. The van der Waals surface area contributed by atoms with Crippen molar-refractivity contribution >= 4 is 33.5 Å². The molecule has 1 saturated heterocycles. The fourth-order valence-electron chi connectivity index (χ4n) is 2.16. The number of nitrogens with one attached hydrogen (secondary N) is 1. The third-order valence-electron chi connectivity index (χ3n) is 3.39. The van der Waals surface area contributed by atoms with Gasteiger partial charge in [0.05, 0.1) is 11.5 Å². The van der Waals surface area contributed by atoms with E-state index < -0.39 is 33.9 Å². The lowest BCUT2D eigenvalue weighted by Crippen LogP contribution is -2.42. The molecule has 1 aliphatic heterocycles. The summed E-state index contributed by atoms with van der Waals surface area (Å²) in [5.74, 6) is -1.10. The molecule has 8 heteroatoms. The number of thioether (sulfide) groups is 1. The summed E-state index contributed by atoms with van der Waals surface area (Å²) in [5.41, 5.74) is 0. The number of benzene rings is 1. The number of carbonyl (C=O) groups excluding carboxylic acids is 2. The van der Waals surface area contributed by atoms with Gasteiger partial charge in [-0.2, -0.15) is 0 Å². The fourth-order valence-corrected chi connectivity index (χ4v) is 4.49. The Morgan fingerprint density at radius 3 is 2.67 bits per heavy atom. The molecule has 0 unspecified atom stereocenters. The van der Waals surface area contributed by atoms with Crippen molar-refractivity contribution in [2.24, 2.45) is 0 Å². The highest BCUT2D eigenvalue weighted by Gasteiger charge is 2.30. The van der Waals surface area contributed by atoms with Gasteiger partial charge in [-0.25, -0.2) is 13.2 Å². The zero-order chi connectivity index (χ0) is 17.6. The molecule has 1 N–H and O–H groups in total. The lowest BCUT2D eigenvalue weighted by atomic mass is 10.2. The predicted molar refractivity (Wildman–Crippen MR) is 92.2 cm³/mol. The largest absolute Gasteiger partial charge is 0.449 e. The molecule has 0 aliphatic carbocycles. The van der Waals surface area contributed by atoms with E-state index >= 15 is 0 Å². The van der Waals surface area contributed by atoms with Gasteiger partial charge in [0.1, 0.15) is 0 Å². The van der Waals surface area contributed by atoms with Crippen LogP contribution in [0.2, 0.25) is 0 Å². The topological polar surface area (TPSA) is 89.5 Å². The summed E-state index contributed by atoms with van der Waals surface area (Å²) in [4.78, 5) is 24.6. The molecule has 1 aromatic carbocycles. The van der Waals surface area contributed by atoms with Crippen molar-refractivity contribution in [1.29, 1.82) is 0 Å². The molecule has 1 amide bonds. The molecule has 1 fully saturated rings. The van der Waals surface area contributed by atoms with E-state index in [1.54, 1.807) is 5.41 Å². The SMILES string of the molecule is C[C@H](OC(=O)/C=C/Sc1ccccc1)C(=O)N[C@H]1CCS(=O)(=O)C1. The number of sulfone groups is 1. The first-order valence-electron chi connectivity index (χ1n) is 7.45. The van der Waals surface area contributed by atoms with Gasteiger partial charge >= 0.3 is 5.97 Å². The molecular weight excluding hydrogens is 350 g/mol. The van der Waals surface area contributed by atoms with Crippen LogP contribution in [0.25, 0.3) is 0 Å². The van der Waals surface area contributed by atoms with Crippen LogP contribution < -0.4 is 5.32 Å². The number of hydrogen-bond donors (Lipinski definition) is 1. The second-order valence-corrected chi connectivity index (χ2v) is 8.63. The lowest BCUT2D eigenvalue weighted by Gasteiger charge is -2.15. The number of rotatable bonds is 6. The van der Waals surface area contributed by atoms with Crippen LogP contribution >= 0.6 is 11.8 Å². The molecule has 0 spiro atoms. The molecule has 1 heterocycles. The van der Waals surface area contributed by atoms with Crippen LogP contribution in [-0.4, -0.2) is 43.9 Å². The van der Waals surface area contributed by atoms with E-state index in [2.05, 4.69) is 5.32 Å². The summed E-state index contributed by atoms with van der Waals surface area (Å²) in [6.45, 7) is 1.45. The van der Waals surface area contributed by atoms with Crippen molar-refractivity contribution in [1.82, 2.24) is 5.32 Å². The van der Waals surface area contributed by atoms with E-state index in [0.717, 1.165) is 4.90 Å². The molecule has 0 saturated carbocycles. The van der Waals surface area contributed by atoms with Gasteiger partial charge in [-0.1, -0.05) is 30.0 Å². The molecule has 0 aromatic heterocycles. The quantitative estimate of drug-likeness (QED) is 0.465. The lowest BCUT2D eigenvalue weighted by molar-refractivity contribution is -0.150. The molecule has 0 bridgehead atoms. The van der Waals surface area contributed by atoms with Crippen molar-refractivity contribution in [2.75, 3.05) is 11.5 Å². The van der Waals surface area contributed by atoms with E-state index in [4.69, 9.17) is 4.74 Å². The van der Waals surface area contributed by atoms with Crippen LogP contribution in [0.4, 0.5) is 0 Å². The first-order valence-corrected chi connectivity index (χ1v) is 10.2. The minimum atomic E-state index is -3.06. The molecule has 6 nitrogen and oxygen atoms in total. The third-order valence-corrected chi connectivity index (χ3v) is 5.98. The van der Waals surface area contributed by atoms with Crippen LogP contribution in [-0.2, 0) is 24.2 Å². The number of esters is 1. The molecule has 0 radical (unpaired) electrons. The molecular formula is C16H19NO5S2. The van der Waals surface area contributed by atoms with Gasteiger partial charge in [0, 0.05) is 17.0 Å². The number of carbonyl (C=O) groups is 2. The van der Waals surface area contributed by atoms with Gasteiger partial charge in [-0.3, -0.25) is 4.79 Å². The second-order valence-electron chi connectivity index (χ2n) is 5.42. The Morgan fingerprint density at radius 1 is 1.33 bits per heavy atom. The van der Waals surface area contributed by atoms with Gasteiger partial charge in [-0.05, 0) is 30.9 Å². The maximum Gasteiger partial charge on any atom is 0.332 e. The van der Waals surface area contributed by atoms with E-state index in [0.29, 0.717) is 6.42 Å². The molecule has 1 aromatic rings. The Morgan fingerprint density at radius 2 is 2.04 bits per heavy atom. The average Bonchev–Trinajstić information content (AvgIpc) is 2.87. The summed E-state index contributed by atoms with van der Waals surface area (Å²) >= 11 is 1.36. The summed E-state index contributed by atoms with van der Waals surface area (Å²) in [6.07, 6.45) is 0.663. The van der Waals surface area contributed by atoms with E-state index in [1.807, 2.05) is 30.3 Å². The Hall–Kier alpha value is -1.80. The van der Waals surface area contributed by atoms with Gasteiger partial charge in [-0.15, -0.1) is 0 Å². The molecule has 1 aliphatic rings. The molecule has 2 rings (SSSR count). The Balaban J connectivity index is 1.75. The minimum Gasteiger partial charge on any atom is -0.449 e. The van der Waals surface area contributed by atoms with Gasteiger partial charge in [0.15, 0.2) is 15.9 Å². The summed E-state index contributed by atoms with van der Waals surface area (Å²) < 4.78 is 27.7. The maximum atomic E-state index is 11.9. The van der Waals surface area contributed by atoms with Gasteiger partial charge in [0.2, 0.25) is 0 Å². The van der Waals surface area contributed by atoms with Crippen LogP contribution in [0.15, 0.2) is 46.7 Å². The summed E-state index contributed by atoms with van der Waals surface area (Å²) in [6, 6.07) is 9.09. The monoisotopic (exact) mass is 369 g/mol. The van der Waals surface area contributed by atoms with Crippen molar-refractivity contribution < 1.29 is 22.7 Å². The minimum absolute atomic E-state index is 0.0625. The first kappa shape index (κ1) is 18.5. The number of amides is 1. The summed E-state index contributed by atoms with van der Waals surface area (Å²) in [5, 5.41) is 4.19. The van der Waals surface area contributed by atoms with Crippen molar-refractivity contribution in [2.45, 2.75) is 30.4 Å². The smallest absolute Gasteiger partial charge is 0.332 e. The predicted octanol–water partition coefficient (Wildman–Crippen LogP) is 1.53. The highest BCUT2D eigenvalue weighted by Crippen LogP contribution is 2.18. The first-order chi connectivity index (χ1) is 11.4. The standard InChI is InChI=1S/C16H19NO5S2/c1-12(16(19)17-13-8-10-24(20,21)11-13)22-15(18)7-9-23-14-5-3-2-4-6-14/h2-7,9,12-13H,8,10-11H2,1H3,(H,17,19)/b9-7+/t12-,13-/m0/s1. The summed E-state index contributed by atoms with van der Waals surface area (Å²) in [7, 11) is -3.06. The Bertz CT molecular complexity index is 715. The van der Waals surface area contributed by atoms with Crippen LogP contribution in [0.5, 0.6) is 0 Å². The zero-order valence-corrected chi connectivity index (χ0v) is 14.8. The maximum absolute atomic E-state index is 11.9. The third kappa shape index (κ3) is 6.01. The van der Waals surface area contributed by atoms with Crippen molar-refractivity contribution in [3.63, 3.8) is 0 Å². The highest BCUT2D eigenvalue weighted by atomic mass is 32.2. The molecule has 2 atom stereocenters. The van der Waals surface area contributed by atoms with E-state index in [9.17, 15) is 18.0 Å². The van der Waals surface area contributed by atoms with Crippen LogP contribution in [0.1, 0.15) is 13.3 Å². The zero-order valence-electron chi connectivity index (χ0n) is 13.2. The van der Waals surface area contributed by atoms with Crippen molar-refractivity contribution in [3.05, 3.63) is 41.8 Å².